The molecule has 0 bridgehead atoms. The van der Waals surface area contributed by atoms with Crippen LogP contribution in [0, 0.1) is 11.8 Å². The third kappa shape index (κ3) is 10.0. The highest BCUT2D eigenvalue weighted by Crippen LogP contribution is 2.42. The number of amides is 4. The number of carbonyl (C=O) groups is 4. The molecule has 2 aliphatic heterocycles. The number of carbonyl (C=O) groups excluding carboxylic acids is 4. The van der Waals surface area contributed by atoms with Crippen LogP contribution in [0.25, 0.3) is 22.0 Å². The number of nitrogens with two attached hydrogens (primary N) is 1. The van der Waals surface area contributed by atoms with Crippen molar-refractivity contribution in [3.05, 3.63) is 89.1 Å². The van der Waals surface area contributed by atoms with Gasteiger partial charge >= 0.3 is 0 Å². The van der Waals surface area contributed by atoms with Crippen LogP contribution in [-0.2, 0) is 30.4 Å². The Labute approximate surface area is 347 Å². The maximum atomic E-state index is 14.1. The summed E-state index contributed by atoms with van der Waals surface area (Å²) < 4.78 is 41.7. The van der Waals surface area contributed by atoms with Crippen molar-refractivity contribution in [2.24, 2.45) is 5.73 Å². The van der Waals surface area contributed by atoms with Gasteiger partial charge in [-0.25, -0.2) is 8.78 Å². The van der Waals surface area contributed by atoms with E-state index in [-0.39, 0.29) is 56.0 Å². The minimum Gasteiger partial charge on any atom is -0.389 e. The lowest BCUT2D eigenvalue weighted by Crippen LogP contribution is -2.52. The number of anilines is 1. The Balaban J connectivity index is 0.825. The number of aromatic nitrogens is 1. The van der Waals surface area contributed by atoms with E-state index in [1.807, 2.05) is 54.7 Å². The molecule has 1 aromatic heterocycles. The molecule has 1 unspecified atom stereocenters. The van der Waals surface area contributed by atoms with Crippen LogP contribution in [0.5, 0.6) is 0 Å². The number of piperidine rings is 1. The van der Waals surface area contributed by atoms with Gasteiger partial charge in [-0.15, -0.1) is 0 Å². The summed E-state index contributed by atoms with van der Waals surface area (Å²) in [5.74, 6) is 2.48. The van der Waals surface area contributed by atoms with E-state index in [9.17, 15) is 28.0 Å². The molecule has 308 valence electrons. The lowest BCUT2D eigenvalue weighted by atomic mass is 9.92. The molecule has 1 saturated heterocycles. The summed E-state index contributed by atoms with van der Waals surface area (Å²) in [7, 11) is 0. The average molecular weight is 824 g/mol. The van der Waals surface area contributed by atoms with Gasteiger partial charge in [-0.2, -0.15) is 0 Å². The molecule has 3 heterocycles. The van der Waals surface area contributed by atoms with Crippen molar-refractivity contribution in [2.45, 2.75) is 88.8 Å². The van der Waals surface area contributed by atoms with Gasteiger partial charge in [0.1, 0.15) is 11.0 Å². The van der Waals surface area contributed by atoms with E-state index in [1.54, 1.807) is 12.1 Å². The van der Waals surface area contributed by atoms with Crippen LogP contribution >= 0.6 is 12.2 Å². The largest absolute Gasteiger partial charge is 0.389 e. The van der Waals surface area contributed by atoms with Gasteiger partial charge in [0.05, 0.1) is 12.1 Å². The number of halogens is 2. The summed E-state index contributed by atoms with van der Waals surface area (Å²) in [6.45, 7) is 2.13. The highest BCUT2D eigenvalue weighted by Gasteiger charge is 2.40. The van der Waals surface area contributed by atoms with Crippen molar-refractivity contribution >= 4 is 57.4 Å². The lowest BCUT2D eigenvalue weighted by Gasteiger charge is -2.29. The third-order valence-corrected chi connectivity index (χ3v) is 11.3. The molecule has 2 fully saturated rings. The molecular weight excluding hydrogens is 777 g/mol. The van der Waals surface area contributed by atoms with E-state index < -0.39 is 17.9 Å². The van der Waals surface area contributed by atoms with Crippen molar-refractivity contribution in [1.29, 1.82) is 0 Å². The molecule has 11 nitrogen and oxygen atoms in total. The zero-order chi connectivity index (χ0) is 41.5. The number of fused-ring (bicyclic) bond motifs is 2. The molecule has 7 rings (SSSR count). The Morgan fingerprint density at radius 3 is 2.49 bits per heavy atom. The molecule has 0 radical (unpaired) electrons. The van der Waals surface area contributed by atoms with Gasteiger partial charge in [0.2, 0.25) is 23.6 Å². The molecule has 14 heteroatoms. The average Bonchev–Trinajstić information content (AvgIpc) is 3.76. The second-order valence-corrected chi connectivity index (χ2v) is 15.7. The topological polar surface area (TPSA) is 145 Å². The summed E-state index contributed by atoms with van der Waals surface area (Å²) in [5, 5.41) is 6.26. The molecule has 59 heavy (non-hydrogen) atoms. The standard InChI is InChI=1S/C45H47F2N5O6S/c46-45(47)19-17-33(18-20-45)51-27-37(30-9-3-10-31(25-30)42(48)59)34-14-13-32(26-39(34)51)49-40(53)12-5-22-58-24-6-23-57-21-2-1-7-29-8-4-11-35-36(29)28-52(44(35)56)38-15-16-41(54)50-43(38)55/h3-4,8-11,13-14,25-27,33,38H,2,5-6,12,15-24,28H2,(H2,48,59)(H,49,53)(H,50,54,55). The van der Waals surface area contributed by atoms with Crippen LogP contribution in [0.15, 0.2) is 66.9 Å². The van der Waals surface area contributed by atoms with Gasteiger partial charge in [0.25, 0.3) is 5.91 Å². The fraction of sp³-hybridized carbons (Fsp3) is 0.400. The van der Waals surface area contributed by atoms with E-state index in [0.29, 0.717) is 81.2 Å². The molecule has 3 aliphatic rings. The Morgan fingerprint density at radius 2 is 1.71 bits per heavy atom. The highest BCUT2D eigenvalue weighted by molar-refractivity contribution is 7.80. The summed E-state index contributed by atoms with van der Waals surface area (Å²) in [6, 6.07) is 18.0. The van der Waals surface area contributed by atoms with Gasteiger partial charge in [0, 0.05) is 104 Å². The fourth-order valence-electron chi connectivity index (χ4n) is 8.01. The quantitative estimate of drug-likeness (QED) is 0.0502. The van der Waals surface area contributed by atoms with Gasteiger partial charge in [-0.1, -0.05) is 54.4 Å². The number of ether oxygens (including phenoxy) is 2. The van der Waals surface area contributed by atoms with Crippen LogP contribution in [-0.4, -0.2) is 76.5 Å². The normalized spacial score (nSPS) is 17.7. The zero-order valence-electron chi connectivity index (χ0n) is 32.7. The van der Waals surface area contributed by atoms with Crippen LogP contribution in [0.4, 0.5) is 14.5 Å². The van der Waals surface area contributed by atoms with E-state index in [4.69, 9.17) is 27.4 Å². The number of nitrogens with one attached hydrogen (secondary N) is 2. The minimum absolute atomic E-state index is 0.0929. The highest BCUT2D eigenvalue weighted by atomic mass is 32.1. The van der Waals surface area contributed by atoms with Gasteiger partial charge in [-0.05, 0) is 73.6 Å². The molecule has 0 spiro atoms. The number of hydrogen-bond donors (Lipinski definition) is 3. The Bertz CT molecular complexity index is 2320. The number of alkyl halides is 2. The van der Waals surface area contributed by atoms with Crippen molar-refractivity contribution in [2.75, 3.05) is 31.7 Å². The Morgan fingerprint density at radius 1 is 0.949 bits per heavy atom. The smallest absolute Gasteiger partial charge is 0.255 e. The van der Waals surface area contributed by atoms with Gasteiger partial charge < -0.3 is 30.0 Å². The lowest BCUT2D eigenvalue weighted by molar-refractivity contribution is -0.137. The Kier molecular flexibility index (Phi) is 13.1. The second kappa shape index (κ2) is 18.6. The predicted octanol–water partition coefficient (Wildman–Crippen LogP) is 7.04. The molecule has 1 saturated carbocycles. The van der Waals surface area contributed by atoms with Crippen molar-refractivity contribution in [1.82, 2.24) is 14.8 Å². The second-order valence-electron chi connectivity index (χ2n) is 15.2. The number of benzene rings is 3. The number of imide groups is 1. The number of nitrogens with zero attached hydrogens (tertiary/aromatic N) is 2. The van der Waals surface area contributed by atoms with Crippen LogP contribution in [0.1, 0.15) is 97.3 Å². The van der Waals surface area contributed by atoms with Gasteiger partial charge in [-0.3, -0.25) is 24.5 Å². The first-order valence-electron chi connectivity index (χ1n) is 20.1. The van der Waals surface area contributed by atoms with Crippen molar-refractivity contribution in [3.8, 4) is 23.0 Å². The SMILES string of the molecule is NC(=S)c1cccc(-c2cn(C3CCC(F)(F)CC3)c3cc(NC(=O)CCCOCCCOCCC#Cc4cccc5c4CN(C4CCC(=O)NC4=O)C5=O)ccc23)c1. The van der Waals surface area contributed by atoms with Crippen LogP contribution in [0.3, 0.4) is 0 Å². The first kappa shape index (κ1) is 41.7. The number of hydrogen-bond acceptors (Lipinski definition) is 7. The first-order chi connectivity index (χ1) is 28.5. The van der Waals surface area contributed by atoms with E-state index in [2.05, 4.69) is 27.0 Å². The summed E-state index contributed by atoms with van der Waals surface area (Å²) in [4.78, 5) is 51.7. The van der Waals surface area contributed by atoms with Crippen LogP contribution in [0.2, 0.25) is 0 Å². The maximum absolute atomic E-state index is 14.1. The summed E-state index contributed by atoms with van der Waals surface area (Å²) >= 11 is 5.20. The van der Waals surface area contributed by atoms with Crippen LogP contribution < -0.4 is 16.4 Å². The van der Waals surface area contributed by atoms with Crippen molar-refractivity contribution < 1.29 is 37.4 Å². The monoisotopic (exact) mass is 823 g/mol. The number of thiocarbonyl (C=S) groups is 1. The molecule has 4 N–H and O–H groups in total. The fourth-order valence-corrected chi connectivity index (χ4v) is 8.14. The molecule has 1 atom stereocenters. The zero-order valence-corrected chi connectivity index (χ0v) is 33.5. The Hall–Kier alpha value is -5.49. The van der Waals surface area contributed by atoms with E-state index >= 15 is 0 Å². The minimum atomic E-state index is -2.65. The summed E-state index contributed by atoms with van der Waals surface area (Å²) in [6.07, 6.45) is 4.93. The van der Waals surface area contributed by atoms with E-state index in [0.717, 1.165) is 38.7 Å². The third-order valence-electron chi connectivity index (χ3n) is 11.1. The summed E-state index contributed by atoms with van der Waals surface area (Å²) in [5.41, 5.74) is 12.1. The van der Waals surface area contributed by atoms with Gasteiger partial charge in [0.15, 0.2) is 0 Å². The molecule has 1 aliphatic carbocycles. The first-order valence-corrected chi connectivity index (χ1v) is 20.5. The van der Waals surface area contributed by atoms with Crippen molar-refractivity contribution in [3.63, 3.8) is 0 Å². The maximum Gasteiger partial charge on any atom is 0.255 e. The molecule has 4 aromatic rings. The number of rotatable bonds is 15. The van der Waals surface area contributed by atoms with E-state index in [1.165, 1.54) is 4.90 Å². The predicted molar refractivity (Wildman–Crippen MR) is 224 cm³/mol. The molecule has 4 amide bonds. The molecular formula is C45H47F2N5O6S. The molecule has 3 aromatic carbocycles.